The molecule has 0 bridgehead atoms. The van der Waals surface area contributed by atoms with Gasteiger partial charge in [0.2, 0.25) is 0 Å². The first kappa shape index (κ1) is 15.6. The molecule has 1 rings (SSSR count). The Labute approximate surface area is 114 Å². The van der Waals surface area contributed by atoms with Crippen molar-refractivity contribution in [3.8, 4) is 0 Å². The molecule has 0 amide bonds. The van der Waals surface area contributed by atoms with Crippen LogP contribution in [0.1, 0.15) is 37.4 Å². The number of nitro benzene ring substituents is 1. The number of rotatable bonds is 7. The fraction of sp³-hybridized carbons (Fsp3) is 0.571. The van der Waals surface area contributed by atoms with Crippen molar-refractivity contribution in [2.75, 3.05) is 13.7 Å². The Hall–Kier alpha value is -1.46. The second-order valence-electron chi connectivity index (χ2n) is 4.87. The molecule has 0 heterocycles. The fourth-order valence-electron chi connectivity index (χ4n) is 1.99. The highest BCUT2D eigenvalue weighted by Gasteiger charge is 2.15. The molecule has 0 saturated carbocycles. The molecule has 106 valence electrons. The van der Waals surface area contributed by atoms with Crippen LogP contribution in [0.2, 0.25) is 0 Å². The Morgan fingerprint density at radius 1 is 1.42 bits per heavy atom. The van der Waals surface area contributed by atoms with Gasteiger partial charge in [-0.2, -0.15) is 0 Å². The van der Waals surface area contributed by atoms with Crippen molar-refractivity contribution < 1.29 is 9.66 Å². The van der Waals surface area contributed by atoms with E-state index in [9.17, 15) is 10.1 Å². The van der Waals surface area contributed by atoms with E-state index in [4.69, 9.17) is 4.74 Å². The van der Waals surface area contributed by atoms with E-state index in [0.717, 1.165) is 12.0 Å². The summed E-state index contributed by atoms with van der Waals surface area (Å²) in [7, 11) is 1.68. The molecule has 1 aromatic rings. The van der Waals surface area contributed by atoms with Gasteiger partial charge in [-0.25, -0.2) is 0 Å². The van der Waals surface area contributed by atoms with Crippen LogP contribution in [-0.4, -0.2) is 24.7 Å². The number of nitro groups is 1. The average molecular weight is 266 g/mol. The van der Waals surface area contributed by atoms with Gasteiger partial charge in [-0.3, -0.25) is 10.1 Å². The monoisotopic (exact) mass is 266 g/mol. The average Bonchev–Trinajstić information content (AvgIpc) is 2.36. The van der Waals surface area contributed by atoms with Crippen molar-refractivity contribution in [3.63, 3.8) is 0 Å². The molecule has 1 N–H and O–H groups in total. The lowest BCUT2D eigenvalue weighted by atomic mass is 10.0. The van der Waals surface area contributed by atoms with Crippen LogP contribution in [0.4, 0.5) is 5.69 Å². The molecule has 5 nitrogen and oxygen atoms in total. The quantitative estimate of drug-likeness (QED) is 0.608. The van der Waals surface area contributed by atoms with Gasteiger partial charge >= 0.3 is 0 Å². The molecule has 0 aliphatic rings. The molecule has 1 aromatic carbocycles. The highest BCUT2D eigenvalue weighted by molar-refractivity contribution is 5.43. The molecule has 2 atom stereocenters. The molecule has 0 spiro atoms. The molecule has 5 heteroatoms. The SMILES string of the molecule is COCCC(C)NC(C)c1ccc(C)c([N+](=O)[O-])c1. The minimum Gasteiger partial charge on any atom is -0.385 e. The van der Waals surface area contributed by atoms with E-state index in [2.05, 4.69) is 12.2 Å². The molecule has 0 fully saturated rings. The van der Waals surface area contributed by atoms with Gasteiger partial charge in [0.15, 0.2) is 0 Å². The summed E-state index contributed by atoms with van der Waals surface area (Å²) >= 11 is 0. The maximum absolute atomic E-state index is 10.9. The lowest BCUT2D eigenvalue weighted by molar-refractivity contribution is -0.385. The van der Waals surface area contributed by atoms with Crippen LogP contribution in [0.3, 0.4) is 0 Å². The zero-order valence-electron chi connectivity index (χ0n) is 12.0. The first-order valence-electron chi connectivity index (χ1n) is 6.45. The maximum atomic E-state index is 10.9. The van der Waals surface area contributed by atoms with Crippen LogP contribution in [-0.2, 0) is 4.74 Å². The van der Waals surface area contributed by atoms with Crippen molar-refractivity contribution in [1.29, 1.82) is 0 Å². The van der Waals surface area contributed by atoms with Crippen molar-refractivity contribution in [1.82, 2.24) is 5.32 Å². The first-order chi connectivity index (χ1) is 8.95. The van der Waals surface area contributed by atoms with Crippen LogP contribution in [0.5, 0.6) is 0 Å². The molecule has 0 aliphatic carbocycles. The summed E-state index contributed by atoms with van der Waals surface area (Å²) in [5.41, 5.74) is 1.80. The van der Waals surface area contributed by atoms with Crippen LogP contribution in [0.15, 0.2) is 18.2 Å². The van der Waals surface area contributed by atoms with E-state index < -0.39 is 0 Å². The Kier molecular flexibility index (Phi) is 5.92. The summed E-state index contributed by atoms with van der Waals surface area (Å²) < 4.78 is 5.04. The molecule has 0 radical (unpaired) electrons. The molecule has 0 saturated heterocycles. The van der Waals surface area contributed by atoms with Crippen LogP contribution >= 0.6 is 0 Å². The Bertz CT molecular complexity index is 435. The molecule has 2 unspecified atom stereocenters. The smallest absolute Gasteiger partial charge is 0.272 e. The number of nitrogens with zero attached hydrogens (tertiary/aromatic N) is 1. The van der Waals surface area contributed by atoms with Crippen LogP contribution < -0.4 is 5.32 Å². The Balaban J connectivity index is 2.74. The minimum absolute atomic E-state index is 0.0751. The van der Waals surface area contributed by atoms with Gasteiger partial charge in [-0.05, 0) is 32.8 Å². The Morgan fingerprint density at radius 2 is 2.11 bits per heavy atom. The summed E-state index contributed by atoms with van der Waals surface area (Å²) in [5.74, 6) is 0. The van der Waals surface area contributed by atoms with Crippen LogP contribution in [0.25, 0.3) is 0 Å². The number of hydrogen-bond acceptors (Lipinski definition) is 4. The number of methoxy groups -OCH3 is 1. The summed E-state index contributed by atoms with van der Waals surface area (Å²) in [5, 5.41) is 14.3. The predicted octanol–water partition coefficient (Wildman–Crippen LogP) is 2.98. The molecule has 19 heavy (non-hydrogen) atoms. The van der Waals surface area contributed by atoms with E-state index in [1.54, 1.807) is 26.2 Å². The number of ether oxygens (including phenoxy) is 1. The second kappa shape index (κ2) is 7.21. The van der Waals surface area contributed by atoms with Gasteiger partial charge in [0, 0.05) is 37.4 Å². The number of benzene rings is 1. The summed E-state index contributed by atoms with van der Waals surface area (Å²) in [6, 6.07) is 5.76. The minimum atomic E-state index is -0.333. The molecule has 0 aliphatic heterocycles. The lowest BCUT2D eigenvalue weighted by Gasteiger charge is -2.20. The summed E-state index contributed by atoms with van der Waals surface area (Å²) in [6.45, 7) is 6.55. The summed E-state index contributed by atoms with van der Waals surface area (Å²) in [6.07, 6.45) is 0.912. The highest BCUT2D eigenvalue weighted by Crippen LogP contribution is 2.23. The number of aryl methyl sites for hydroxylation is 1. The van der Waals surface area contributed by atoms with Crippen molar-refractivity contribution in [2.24, 2.45) is 0 Å². The van der Waals surface area contributed by atoms with Gasteiger partial charge in [0.1, 0.15) is 0 Å². The summed E-state index contributed by atoms with van der Waals surface area (Å²) in [4.78, 5) is 10.6. The second-order valence-corrected chi connectivity index (χ2v) is 4.87. The van der Waals surface area contributed by atoms with Gasteiger partial charge in [-0.15, -0.1) is 0 Å². The van der Waals surface area contributed by atoms with Crippen molar-refractivity contribution >= 4 is 5.69 Å². The van der Waals surface area contributed by atoms with E-state index in [0.29, 0.717) is 18.2 Å². The topological polar surface area (TPSA) is 64.4 Å². The van der Waals surface area contributed by atoms with Crippen molar-refractivity contribution in [3.05, 3.63) is 39.4 Å². The van der Waals surface area contributed by atoms with Crippen LogP contribution in [0, 0.1) is 17.0 Å². The van der Waals surface area contributed by atoms with Gasteiger partial charge in [0.05, 0.1) is 4.92 Å². The zero-order chi connectivity index (χ0) is 14.4. The van der Waals surface area contributed by atoms with E-state index in [1.165, 1.54) is 0 Å². The normalized spacial score (nSPS) is 14.1. The third-order valence-corrected chi connectivity index (χ3v) is 3.22. The first-order valence-corrected chi connectivity index (χ1v) is 6.45. The highest BCUT2D eigenvalue weighted by atomic mass is 16.6. The van der Waals surface area contributed by atoms with Gasteiger partial charge < -0.3 is 10.1 Å². The zero-order valence-corrected chi connectivity index (χ0v) is 12.0. The predicted molar refractivity (Wildman–Crippen MR) is 75.3 cm³/mol. The molecular weight excluding hydrogens is 244 g/mol. The maximum Gasteiger partial charge on any atom is 0.272 e. The number of nitrogens with one attached hydrogen (secondary N) is 1. The molecular formula is C14H22N2O3. The van der Waals surface area contributed by atoms with E-state index >= 15 is 0 Å². The van der Waals surface area contributed by atoms with Crippen molar-refractivity contribution in [2.45, 2.75) is 39.3 Å². The van der Waals surface area contributed by atoms with Gasteiger partial charge in [0.25, 0.3) is 5.69 Å². The number of hydrogen-bond donors (Lipinski definition) is 1. The van der Waals surface area contributed by atoms with Gasteiger partial charge in [-0.1, -0.05) is 12.1 Å². The third kappa shape index (κ3) is 4.61. The Morgan fingerprint density at radius 3 is 2.68 bits per heavy atom. The third-order valence-electron chi connectivity index (χ3n) is 3.22. The fourth-order valence-corrected chi connectivity index (χ4v) is 1.99. The standard InChI is InChI=1S/C14H22N2O3/c1-10-5-6-13(9-14(10)16(17)18)12(3)15-11(2)7-8-19-4/h5-6,9,11-12,15H,7-8H2,1-4H3. The molecule has 0 aromatic heterocycles. The lowest BCUT2D eigenvalue weighted by Crippen LogP contribution is -2.29. The van der Waals surface area contributed by atoms with E-state index in [1.807, 2.05) is 13.0 Å². The van der Waals surface area contributed by atoms with E-state index in [-0.39, 0.29) is 16.7 Å². The largest absolute Gasteiger partial charge is 0.385 e.